The number of hydrogen-bond donors (Lipinski definition) is 2. The second kappa shape index (κ2) is 7.09. The van der Waals surface area contributed by atoms with E-state index in [-0.39, 0.29) is 0 Å². The van der Waals surface area contributed by atoms with Gasteiger partial charge in [0.05, 0.1) is 6.04 Å². The molecule has 0 aliphatic heterocycles. The topological polar surface area (TPSA) is 47.3 Å². The van der Waals surface area contributed by atoms with E-state index >= 15 is 0 Å². The van der Waals surface area contributed by atoms with E-state index < -0.39 is 18.0 Å². The first-order valence-corrected chi connectivity index (χ1v) is 7.10. The molecule has 0 saturated heterocycles. The van der Waals surface area contributed by atoms with E-state index in [9.17, 15) is 4.39 Å². The van der Waals surface area contributed by atoms with Gasteiger partial charge in [-0.05, 0) is 37.3 Å². The van der Waals surface area contributed by atoms with E-state index in [2.05, 4.69) is 5.43 Å². The Bertz CT molecular complexity index is 624. The fraction of sp³-hybridized carbons (Fsp3) is 0.200. The van der Waals surface area contributed by atoms with Crippen molar-refractivity contribution in [1.82, 2.24) is 5.43 Å². The Labute approximate surface area is 132 Å². The summed E-state index contributed by atoms with van der Waals surface area (Å²) < 4.78 is 19.8. The zero-order chi connectivity index (χ0) is 15.4. The summed E-state index contributed by atoms with van der Waals surface area (Å²) in [6.07, 6.45) is -0.413. The second-order valence-electron chi connectivity index (χ2n) is 4.59. The van der Waals surface area contributed by atoms with Crippen LogP contribution in [0.1, 0.15) is 18.5 Å². The van der Waals surface area contributed by atoms with E-state index in [1.807, 2.05) is 0 Å². The van der Waals surface area contributed by atoms with Crippen LogP contribution in [-0.2, 0) is 0 Å². The molecule has 0 amide bonds. The molecule has 0 saturated carbocycles. The van der Waals surface area contributed by atoms with Gasteiger partial charge in [-0.15, -0.1) is 0 Å². The highest BCUT2D eigenvalue weighted by atomic mass is 35.5. The molecule has 6 heteroatoms. The van der Waals surface area contributed by atoms with Gasteiger partial charge in [-0.2, -0.15) is 0 Å². The van der Waals surface area contributed by atoms with Gasteiger partial charge in [-0.25, -0.2) is 9.82 Å². The molecule has 0 aromatic heterocycles. The lowest BCUT2D eigenvalue weighted by Gasteiger charge is -2.25. The van der Waals surface area contributed by atoms with Crippen molar-refractivity contribution >= 4 is 23.2 Å². The summed E-state index contributed by atoms with van der Waals surface area (Å²) in [6.45, 7) is 1.79. The van der Waals surface area contributed by atoms with E-state index in [0.717, 1.165) is 0 Å². The molecule has 3 nitrogen and oxygen atoms in total. The van der Waals surface area contributed by atoms with Crippen molar-refractivity contribution < 1.29 is 9.13 Å². The van der Waals surface area contributed by atoms with Crippen molar-refractivity contribution in [2.45, 2.75) is 19.1 Å². The standard InChI is InChI=1S/C15H15Cl2FN2O/c1-9(21-12-4-2-3-10(16)7-12)15(20-19)13-6-5-11(17)8-14(13)18/h2-9,15,20H,19H2,1H3. The van der Waals surface area contributed by atoms with Crippen LogP contribution >= 0.6 is 23.2 Å². The van der Waals surface area contributed by atoms with Gasteiger partial charge >= 0.3 is 0 Å². The molecule has 0 aliphatic rings. The molecular weight excluding hydrogens is 314 g/mol. The van der Waals surface area contributed by atoms with E-state index in [0.29, 0.717) is 21.4 Å². The van der Waals surface area contributed by atoms with Crippen LogP contribution in [0.3, 0.4) is 0 Å². The van der Waals surface area contributed by atoms with Crippen LogP contribution in [0.15, 0.2) is 42.5 Å². The molecular formula is C15H15Cl2FN2O. The summed E-state index contributed by atoms with van der Waals surface area (Å²) in [4.78, 5) is 0. The summed E-state index contributed by atoms with van der Waals surface area (Å²) in [5, 5.41) is 0.894. The molecule has 3 N–H and O–H groups in total. The van der Waals surface area contributed by atoms with Crippen molar-refractivity contribution in [2.24, 2.45) is 5.84 Å². The van der Waals surface area contributed by atoms with E-state index in [4.69, 9.17) is 33.8 Å². The van der Waals surface area contributed by atoms with Crippen molar-refractivity contribution in [3.8, 4) is 5.75 Å². The molecule has 0 heterocycles. The fourth-order valence-corrected chi connectivity index (χ4v) is 2.39. The summed E-state index contributed by atoms with van der Waals surface area (Å²) >= 11 is 11.7. The van der Waals surface area contributed by atoms with Crippen LogP contribution in [0, 0.1) is 5.82 Å². The Kier molecular flexibility index (Phi) is 5.42. The molecule has 112 valence electrons. The molecule has 2 unspecified atom stereocenters. The highest BCUT2D eigenvalue weighted by Crippen LogP contribution is 2.26. The lowest BCUT2D eigenvalue weighted by molar-refractivity contribution is 0.169. The molecule has 0 bridgehead atoms. The first-order chi connectivity index (χ1) is 10.0. The van der Waals surface area contributed by atoms with Gasteiger partial charge < -0.3 is 4.74 Å². The highest BCUT2D eigenvalue weighted by molar-refractivity contribution is 6.30. The minimum absolute atomic E-state index is 0.329. The Morgan fingerprint density at radius 3 is 2.48 bits per heavy atom. The number of nitrogens with two attached hydrogens (primary N) is 1. The van der Waals surface area contributed by atoms with Gasteiger partial charge in [0, 0.05) is 15.6 Å². The number of halogens is 3. The van der Waals surface area contributed by atoms with Crippen LogP contribution in [-0.4, -0.2) is 6.10 Å². The molecule has 2 rings (SSSR count). The van der Waals surface area contributed by atoms with Crippen molar-refractivity contribution in [2.75, 3.05) is 0 Å². The average Bonchev–Trinajstić information content (AvgIpc) is 2.42. The van der Waals surface area contributed by atoms with Crippen LogP contribution < -0.4 is 16.0 Å². The van der Waals surface area contributed by atoms with Crippen LogP contribution in [0.5, 0.6) is 5.75 Å². The Hall–Kier alpha value is -1.33. The molecule has 0 spiro atoms. The zero-order valence-electron chi connectivity index (χ0n) is 11.3. The fourth-order valence-electron chi connectivity index (χ4n) is 2.05. The summed E-state index contributed by atoms with van der Waals surface area (Å²) in [6, 6.07) is 10.9. The zero-order valence-corrected chi connectivity index (χ0v) is 12.8. The van der Waals surface area contributed by atoms with Crippen molar-refractivity contribution in [3.63, 3.8) is 0 Å². The SMILES string of the molecule is CC(Oc1cccc(Cl)c1)C(NN)c1ccc(Cl)cc1F. The highest BCUT2D eigenvalue weighted by Gasteiger charge is 2.23. The predicted molar refractivity (Wildman–Crippen MR) is 83.0 cm³/mol. The average molecular weight is 329 g/mol. The third kappa shape index (κ3) is 4.08. The summed E-state index contributed by atoms with van der Waals surface area (Å²) in [5.74, 6) is 5.69. The number of benzene rings is 2. The van der Waals surface area contributed by atoms with E-state index in [1.165, 1.54) is 6.07 Å². The third-order valence-corrected chi connectivity index (χ3v) is 3.53. The first-order valence-electron chi connectivity index (χ1n) is 6.34. The van der Waals surface area contributed by atoms with Gasteiger partial charge in [0.2, 0.25) is 0 Å². The van der Waals surface area contributed by atoms with Gasteiger partial charge in [0.1, 0.15) is 17.7 Å². The molecule has 21 heavy (non-hydrogen) atoms. The maximum absolute atomic E-state index is 14.0. The number of nitrogens with one attached hydrogen (secondary N) is 1. The smallest absolute Gasteiger partial charge is 0.129 e. The monoisotopic (exact) mass is 328 g/mol. The molecule has 0 radical (unpaired) electrons. The largest absolute Gasteiger partial charge is 0.489 e. The number of ether oxygens (including phenoxy) is 1. The Morgan fingerprint density at radius 1 is 1.14 bits per heavy atom. The number of hydrogen-bond acceptors (Lipinski definition) is 3. The first kappa shape index (κ1) is 16.0. The second-order valence-corrected chi connectivity index (χ2v) is 5.46. The van der Waals surface area contributed by atoms with Crippen LogP contribution in [0.4, 0.5) is 4.39 Å². The predicted octanol–water partition coefficient (Wildman–Crippen LogP) is 4.10. The number of rotatable bonds is 5. The van der Waals surface area contributed by atoms with Crippen molar-refractivity contribution in [1.29, 1.82) is 0 Å². The Morgan fingerprint density at radius 2 is 1.86 bits per heavy atom. The van der Waals surface area contributed by atoms with Crippen molar-refractivity contribution in [3.05, 3.63) is 63.9 Å². The molecule has 2 aromatic carbocycles. The third-order valence-electron chi connectivity index (χ3n) is 3.06. The van der Waals surface area contributed by atoms with E-state index in [1.54, 1.807) is 43.3 Å². The molecule has 2 atom stereocenters. The Balaban J connectivity index is 2.20. The maximum atomic E-state index is 14.0. The lowest BCUT2D eigenvalue weighted by Crippen LogP contribution is -2.38. The minimum Gasteiger partial charge on any atom is -0.489 e. The molecule has 0 fully saturated rings. The van der Waals surface area contributed by atoms with Crippen LogP contribution in [0.25, 0.3) is 0 Å². The lowest BCUT2D eigenvalue weighted by atomic mass is 10.0. The quantitative estimate of drug-likeness (QED) is 0.641. The summed E-state index contributed by atoms with van der Waals surface area (Å²) in [7, 11) is 0. The van der Waals surface area contributed by atoms with Gasteiger partial charge in [0.25, 0.3) is 0 Å². The van der Waals surface area contributed by atoms with Gasteiger partial charge in [-0.3, -0.25) is 5.84 Å². The number of hydrazine groups is 1. The normalized spacial score (nSPS) is 13.8. The van der Waals surface area contributed by atoms with Gasteiger partial charge in [-0.1, -0.05) is 35.3 Å². The molecule has 0 aliphatic carbocycles. The van der Waals surface area contributed by atoms with Gasteiger partial charge in [0.15, 0.2) is 0 Å². The van der Waals surface area contributed by atoms with Crippen LogP contribution in [0.2, 0.25) is 10.0 Å². The maximum Gasteiger partial charge on any atom is 0.129 e. The molecule has 2 aromatic rings. The summed E-state index contributed by atoms with van der Waals surface area (Å²) in [5.41, 5.74) is 2.96. The minimum atomic E-state index is -0.527.